The van der Waals surface area contributed by atoms with Crippen LogP contribution >= 0.6 is 23.4 Å². The Balaban J connectivity index is 2.71. The van der Waals surface area contributed by atoms with Crippen LogP contribution in [0.4, 0.5) is 0 Å². The molecule has 2 heteroatoms. The van der Waals surface area contributed by atoms with E-state index in [1.807, 2.05) is 30.5 Å². The molecule has 0 aliphatic rings. The highest BCUT2D eigenvalue weighted by Crippen LogP contribution is 2.09. The van der Waals surface area contributed by atoms with Crippen LogP contribution in [-0.2, 0) is 0 Å². The van der Waals surface area contributed by atoms with Gasteiger partial charge in [0.15, 0.2) is 0 Å². The van der Waals surface area contributed by atoms with E-state index in [0.717, 1.165) is 16.3 Å². The van der Waals surface area contributed by atoms with Crippen molar-refractivity contribution in [2.24, 2.45) is 0 Å². The Hall–Kier alpha value is -0.580. The topological polar surface area (TPSA) is 0 Å². The molecule has 0 radical (unpaired) electrons. The molecule has 12 heavy (non-hydrogen) atoms. The third-order valence-corrected chi connectivity index (χ3v) is 1.94. The second-order valence-corrected chi connectivity index (χ2v) is 3.55. The first kappa shape index (κ1) is 9.51. The van der Waals surface area contributed by atoms with Crippen LogP contribution in [0.3, 0.4) is 0 Å². The van der Waals surface area contributed by atoms with Gasteiger partial charge in [0.25, 0.3) is 0 Å². The molecular formula is C10H9ClS. The van der Waals surface area contributed by atoms with Crippen molar-refractivity contribution in [1.82, 2.24) is 0 Å². The predicted molar refractivity (Wildman–Crippen MR) is 56.7 cm³/mol. The van der Waals surface area contributed by atoms with Crippen molar-refractivity contribution in [3.05, 3.63) is 34.9 Å². The summed E-state index contributed by atoms with van der Waals surface area (Å²) >= 11 is 7.50. The van der Waals surface area contributed by atoms with Crippen molar-refractivity contribution in [3.8, 4) is 11.8 Å². The fourth-order valence-electron chi connectivity index (χ4n) is 0.777. The predicted octanol–water partition coefficient (Wildman–Crippen LogP) is 3.05. The molecule has 0 heterocycles. The van der Waals surface area contributed by atoms with E-state index in [9.17, 15) is 0 Å². The molecular weight excluding hydrogens is 188 g/mol. The van der Waals surface area contributed by atoms with Crippen molar-refractivity contribution in [1.29, 1.82) is 0 Å². The van der Waals surface area contributed by atoms with Gasteiger partial charge in [-0.25, -0.2) is 0 Å². The summed E-state index contributed by atoms with van der Waals surface area (Å²) in [6, 6.07) is 7.58. The first-order valence-electron chi connectivity index (χ1n) is 3.56. The highest BCUT2D eigenvalue weighted by atomic mass is 35.5. The zero-order valence-electron chi connectivity index (χ0n) is 6.80. The van der Waals surface area contributed by atoms with E-state index in [1.165, 1.54) is 0 Å². The number of hydrogen-bond donors (Lipinski definition) is 0. The highest BCUT2D eigenvalue weighted by Gasteiger charge is 1.87. The van der Waals surface area contributed by atoms with Gasteiger partial charge in [-0.2, -0.15) is 11.8 Å². The molecule has 0 bridgehead atoms. The molecule has 0 aliphatic carbocycles. The SMILES string of the molecule is CSCC#Cc1cccc(Cl)c1. The Kier molecular flexibility index (Phi) is 4.07. The van der Waals surface area contributed by atoms with Gasteiger partial charge in [-0.1, -0.05) is 29.5 Å². The molecule has 0 nitrogen and oxygen atoms in total. The van der Waals surface area contributed by atoms with Crippen LogP contribution in [0.5, 0.6) is 0 Å². The monoisotopic (exact) mass is 196 g/mol. The van der Waals surface area contributed by atoms with Gasteiger partial charge >= 0.3 is 0 Å². The standard InChI is InChI=1S/C10H9ClS/c1-12-7-3-5-9-4-2-6-10(11)8-9/h2,4,6,8H,7H2,1H3. The van der Waals surface area contributed by atoms with Gasteiger partial charge in [-0.05, 0) is 24.5 Å². The Labute approximate surface area is 82.3 Å². The van der Waals surface area contributed by atoms with Gasteiger partial charge in [-0.15, -0.1) is 0 Å². The quantitative estimate of drug-likeness (QED) is 0.623. The van der Waals surface area contributed by atoms with Gasteiger partial charge in [0.1, 0.15) is 0 Å². The molecule has 62 valence electrons. The summed E-state index contributed by atoms with van der Waals surface area (Å²) < 4.78 is 0. The van der Waals surface area contributed by atoms with E-state index in [1.54, 1.807) is 11.8 Å². The minimum atomic E-state index is 0.742. The molecule has 0 fully saturated rings. The van der Waals surface area contributed by atoms with Gasteiger partial charge in [0, 0.05) is 10.6 Å². The molecule has 0 spiro atoms. The molecule has 0 unspecified atom stereocenters. The second kappa shape index (κ2) is 5.13. The van der Waals surface area contributed by atoms with Crippen molar-refractivity contribution in [2.75, 3.05) is 12.0 Å². The first-order valence-corrected chi connectivity index (χ1v) is 5.33. The summed E-state index contributed by atoms with van der Waals surface area (Å²) in [6.45, 7) is 0. The lowest BCUT2D eigenvalue weighted by Gasteiger charge is -1.89. The smallest absolute Gasteiger partial charge is 0.0548 e. The normalized spacial score (nSPS) is 8.83. The molecule has 0 amide bonds. The van der Waals surface area contributed by atoms with Crippen molar-refractivity contribution in [2.45, 2.75) is 0 Å². The van der Waals surface area contributed by atoms with E-state index in [2.05, 4.69) is 11.8 Å². The number of hydrogen-bond acceptors (Lipinski definition) is 1. The number of benzene rings is 1. The molecule has 1 aromatic rings. The fraction of sp³-hybridized carbons (Fsp3) is 0.200. The lowest BCUT2D eigenvalue weighted by atomic mass is 10.2. The molecule has 0 atom stereocenters. The number of halogens is 1. The Bertz CT molecular complexity index is 309. The van der Waals surface area contributed by atoms with Crippen LogP contribution in [0.25, 0.3) is 0 Å². The summed E-state index contributed by atoms with van der Waals surface area (Å²) in [5.41, 5.74) is 0.983. The molecule has 0 N–H and O–H groups in total. The summed E-state index contributed by atoms with van der Waals surface area (Å²) in [5, 5.41) is 0.742. The summed E-state index contributed by atoms with van der Waals surface area (Å²) in [7, 11) is 0. The van der Waals surface area contributed by atoms with E-state index in [4.69, 9.17) is 11.6 Å². The third kappa shape index (κ3) is 3.21. The maximum Gasteiger partial charge on any atom is 0.0548 e. The lowest BCUT2D eigenvalue weighted by Crippen LogP contribution is -1.74. The highest BCUT2D eigenvalue weighted by molar-refractivity contribution is 7.98. The summed E-state index contributed by atoms with van der Waals surface area (Å²) in [6.07, 6.45) is 2.03. The third-order valence-electron chi connectivity index (χ3n) is 1.27. The largest absolute Gasteiger partial charge is 0.152 e. The molecule has 0 saturated carbocycles. The molecule has 1 rings (SSSR count). The van der Waals surface area contributed by atoms with Crippen LogP contribution in [-0.4, -0.2) is 12.0 Å². The number of rotatable bonds is 1. The molecule has 0 aromatic heterocycles. The zero-order valence-corrected chi connectivity index (χ0v) is 8.38. The zero-order chi connectivity index (χ0) is 8.81. The number of thioether (sulfide) groups is 1. The van der Waals surface area contributed by atoms with E-state index in [-0.39, 0.29) is 0 Å². The lowest BCUT2D eigenvalue weighted by molar-refractivity contribution is 1.64. The van der Waals surface area contributed by atoms with Crippen LogP contribution in [0, 0.1) is 11.8 Å². The fourth-order valence-corrected chi connectivity index (χ4v) is 1.18. The van der Waals surface area contributed by atoms with Gasteiger partial charge < -0.3 is 0 Å². The Morgan fingerprint density at radius 3 is 3.00 bits per heavy atom. The van der Waals surface area contributed by atoms with Crippen LogP contribution in [0.15, 0.2) is 24.3 Å². The van der Waals surface area contributed by atoms with Crippen LogP contribution in [0.2, 0.25) is 5.02 Å². The molecule has 0 saturated heterocycles. The minimum absolute atomic E-state index is 0.742. The first-order chi connectivity index (χ1) is 5.83. The maximum absolute atomic E-state index is 5.78. The average molecular weight is 197 g/mol. The summed E-state index contributed by atoms with van der Waals surface area (Å²) in [4.78, 5) is 0. The summed E-state index contributed by atoms with van der Waals surface area (Å²) in [5.74, 6) is 6.93. The minimum Gasteiger partial charge on any atom is -0.152 e. The Morgan fingerprint density at radius 2 is 2.33 bits per heavy atom. The molecule has 0 aliphatic heterocycles. The average Bonchev–Trinajstić information content (AvgIpc) is 2.05. The van der Waals surface area contributed by atoms with Crippen molar-refractivity contribution < 1.29 is 0 Å². The van der Waals surface area contributed by atoms with Crippen LogP contribution in [0.1, 0.15) is 5.56 Å². The van der Waals surface area contributed by atoms with E-state index in [0.29, 0.717) is 0 Å². The second-order valence-electron chi connectivity index (χ2n) is 2.25. The molecule has 1 aromatic carbocycles. The van der Waals surface area contributed by atoms with E-state index >= 15 is 0 Å². The van der Waals surface area contributed by atoms with Crippen molar-refractivity contribution >= 4 is 23.4 Å². The van der Waals surface area contributed by atoms with Gasteiger partial charge in [-0.3, -0.25) is 0 Å². The maximum atomic E-state index is 5.78. The van der Waals surface area contributed by atoms with Gasteiger partial charge in [0.2, 0.25) is 0 Å². The van der Waals surface area contributed by atoms with Crippen molar-refractivity contribution in [3.63, 3.8) is 0 Å². The van der Waals surface area contributed by atoms with Gasteiger partial charge in [0.05, 0.1) is 5.75 Å². The van der Waals surface area contributed by atoms with Crippen LogP contribution < -0.4 is 0 Å². The van der Waals surface area contributed by atoms with E-state index < -0.39 is 0 Å². The Morgan fingerprint density at radius 1 is 1.50 bits per heavy atom.